The fourth-order valence-electron chi connectivity index (χ4n) is 13.3. The highest BCUT2D eigenvalue weighted by Gasteiger charge is 2.60. The van der Waals surface area contributed by atoms with Crippen molar-refractivity contribution in [3.8, 4) is 0 Å². The number of carboxylic acids is 1. The van der Waals surface area contributed by atoms with Gasteiger partial charge in [-0.05, 0) is 44.9 Å². The van der Waals surface area contributed by atoms with Gasteiger partial charge in [-0.3, -0.25) is 9.59 Å². The Kier molecular flexibility index (Phi) is 49.2. The number of aliphatic carboxylic acids is 1. The Hall–Kier alpha value is -2.79. The molecule has 3 heterocycles. The van der Waals surface area contributed by atoms with Crippen LogP contribution >= 0.6 is 0 Å². The lowest BCUT2D eigenvalue weighted by Crippen LogP contribution is -2.70. The first-order valence-electron chi connectivity index (χ1n) is 38.2. The number of carboxylic acid groups (broad SMARTS) is 1. The van der Waals surface area contributed by atoms with Crippen molar-refractivity contribution in [2.75, 3.05) is 26.4 Å². The number of carbonyl (C=O) groups is 3. The van der Waals surface area contributed by atoms with Crippen LogP contribution in [0.5, 0.6) is 0 Å². The van der Waals surface area contributed by atoms with Crippen LogP contribution in [0.3, 0.4) is 0 Å². The molecule has 14 N–H and O–H groups in total. The molecule has 3 aliphatic heterocycles. The first-order valence-corrected chi connectivity index (χ1v) is 38.2. The fraction of sp³-hybridized carbons (Fsp3) is 0.905. The van der Waals surface area contributed by atoms with Crippen molar-refractivity contribution in [3.05, 3.63) is 24.3 Å². The van der Waals surface area contributed by atoms with Crippen molar-refractivity contribution in [3.63, 3.8) is 0 Å². The van der Waals surface area contributed by atoms with Crippen molar-refractivity contribution in [1.82, 2.24) is 10.6 Å². The van der Waals surface area contributed by atoms with Crippen LogP contribution in [0.1, 0.15) is 290 Å². The molecule has 97 heavy (non-hydrogen) atoms. The standard InChI is InChI=1S/C74H136N2O21/c1-4-6-8-10-12-14-16-18-20-21-22-23-24-25-26-27-28-29-30-31-32-34-36-38-40-42-44-46-48-61(84)76-55(56(81)47-45-43-41-39-37-35-33-19-17-15-13-11-9-7-5-2)53-92-71-66(88)65(87)68(60(52-79)94-71)95-72-67(89)70(64(86)59(51-78)93-72)97-74(73(90)91)49-57(82)62(75-54(3)80)69(96-74)63(85)58(83)50-77/h25-26,45,47,55-60,62-72,77-79,81-83,85-89H,4-24,27-44,46,48-53H2,1-3H3,(H,75,80)(H,76,84)(H,90,91)/b26-25-,47-45+. The van der Waals surface area contributed by atoms with Crippen LogP contribution in [0, 0.1) is 0 Å². The molecule has 0 saturated carbocycles. The van der Waals surface area contributed by atoms with E-state index >= 15 is 0 Å². The lowest BCUT2D eigenvalue weighted by molar-refractivity contribution is -0.386. The quantitative estimate of drug-likeness (QED) is 0.0200. The molecule has 0 radical (unpaired) electrons. The molecule has 0 aromatic heterocycles. The van der Waals surface area contributed by atoms with Gasteiger partial charge in [0, 0.05) is 19.8 Å². The van der Waals surface area contributed by atoms with Crippen molar-refractivity contribution >= 4 is 17.8 Å². The third kappa shape index (κ3) is 35.3. The second-order valence-electron chi connectivity index (χ2n) is 27.9. The van der Waals surface area contributed by atoms with E-state index in [1.54, 1.807) is 6.08 Å². The summed E-state index contributed by atoms with van der Waals surface area (Å²) in [6, 6.07) is -2.62. The second kappa shape index (κ2) is 53.9. The summed E-state index contributed by atoms with van der Waals surface area (Å²) in [5.74, 6) is -6.14. The summed E-state index contributed by atoms with van der Waals surface area (Å²) in [6.07, 6.45) is 28.0. The summed E-state index contributed by atoms with van der Waals surface area (Å²) in [7, 11) is 0. The topological polar surface area (TPSA) is 373 Å². The maximum absolute atomic E-state index is 13.5. The van der Waals surface area contributed by atoms with E-state index in [2.05, 4.69) is 36.6 Å². The minimum Gasteiger partial charge on any atom is -0.477 e. The first kappa shape index (κ1) is 88.4. The van der Waals surface area contributed by atoms with Gasteiger partial charge in [-0.2, -0.15) is 0 Å². The molecule has 3 rings (SSSR count). The molecule has 0 bridgehead atoms. The number of unbranched alkanes of at least 4 members (excludes halogenated alkanes) is 37. The molecule has 23 heteroatoms. The molecule has 18 atom stereocenters. The third-order valence-corrected chi connectivity index (χ3v) is 19.4. The molecule has 0 aliphatic carbocycles. The Balaban J connectivity index is 1.52. The summed E-state index contributed by atoms with van der Waals surface area (Å²) < 4.78 is 34.8. The smallest absolute Gasteiger partial charge is 0.364 e. The van der Waals surface area contributed by atoms with Gasteiger partial charge in [0.2, 0.25) is 11.8 Å². The van der Waals surface area contributed by atoms with Gasteiger partial charge in [0.15, 0.2) is 12.6 Å². The van der Waals surface area contributed by atoms with Gasteiger partial charge < -0.3 is 100 Å². The number of allylic oxidation sites excluding steroid dienone is 3. The first-order chi connectivity index (χ1) is 46.9. The molecule has 3 fully saturated rings. The van der Waals surface area contributed by atoms with Crippen LogP contribution in [-0.2, 0) is 42.8 Å². The van der Waals surface area contributed by atoms with Gasteiger partial charge in [0.1, 0.15) is 67.1 Å². The van der Waals surface area contributed by atoms with Crippen LogP contribution in [0.25, 0.3) is 0 Å². The normalized spacial score (nSPS) is 27.5. The molecule has 568 valence electrons. The van der Waals surface area contributed by atoms with E-state index in [1.807, 2.05) is 6.08 Å². The zero-order valence-corrected chi connectivity index (χ0v) is 59.7. The average Bonchev–Trinajstić information content (AvgIpc) is 0.757. The average molecular weight is 1390 g/mol. The van der Waals surface area contributed by atoms with Crippen LogP contribution in [-0.4, -0.2) is 215 Å². The minimum atomic E-state index is -3.08. The number of hydrogen-bond donors (Lipinski definition) is 14. The maximum Gasteiger partial charge on any atom is 0.364 e. The number of aliphatic hydroxyl groups is 11. The van der Waals surface area contributed by atoms with E-state index in [9.17, 15) is 75.7 Å². The summed E-state index contributed by atoms with van der Waals surface area (Å²) in [6.45, 7) is 2.16. The monoisotopic (exact) mass is 1390 g/mol. The number of hydrogen-bond acceptors (Lipinski definition) is 20. The second-order valence-corrected chi connectivity index (χ2v) is 27.9. The Morgan fingerprint density at radius 2 is 0.969 bits per heavy atom. The highest BCUT2D eigenvalue weighted by molar-refractivity contribution is 5.77. The highest BCUT2D eigenvalue weighted by Crippen LogP contribution is 2.39. The predicted octanol–water partition coefficient (Wildman–Crippen LogP) is 8.79. The van der Waals surface area contributed by atoms with Gasteiger partial charge >= 0.3 is 5.97 Å². The molecule has 0 aromatic rings. The maximum atomic E-state index is 13.5. The number of ether oxygens (including phenoxy) is 6. The summed E-state index contributed by atoms with van der Waals surface area (Å²) in [5, 5.41) is 136. The van der Waals surface area contributed by atoms with Crippen LogP contribution in [0.2, 0.25) is 0 Å². The van der Waals surface area contributed by atoms with E-state index in [0.29, 0.717) is 12.8 Å². The molecule has 0 spiro atoms. The largest absolute Gasteiger partial charge is 0.477 e. The molecular weight excluding hydrogens is 1250 g/mol. The Morgan fingerprint density at radius 3 is 1.40 bits per heavy atom. The number of aliphatic hydroxyl groups excluding tert-OH is 11. The minimum absolute atomic E-state index is 0.201. The molecule has 3 saturated heterocycles. The highest BCUT2D eigenvalue weighted by atomic mass is 16.8. The SMILES string of the molecule is CCCCCCCCCCCCCC/C=C\CCCCCCCCCCCCCCC(=O)NC(COC1OC(CO)C(OC2OC(CO)C(O)C(OC3(C(=O)O)CC(O)C(NC(C)=O)C(C(O)C(O)CO)O3)C2O)C(O)C1O)C(O)/C=C/CCCCCCCCCCCCCCC. The Labute approximate surface area is 581 Å². The van der Waals surface area contributed by atoms with Crippen LogP contribution in [0.4, 0.5) is 0 Å². The molecule has 18 unspecified atom stereocenters. The predicted molar refractivity (Wildman–Crippen MR) is 371 cm³/mol. The number of amides is 2. The van der Waals surface area contributed by atoms with Crippen LogP contribution < -0.4 is 10.6 Å². The fourth-order valence-corrected chi connectivity index (χ4v) is 13.3. The molecule has 23 nitrogen and oxygen atoms in total. The van der Waals surface area contributed by atoms with Crippen molar-refractivity contribution in [1.29, 1.82) is 0 Å². The molecular formula is C74H136N2O21. The zero-order chi connectivity index (χ0) is 71.1. The van der Waals surface area contributed by atoms with E-state index in [4.69, 9.17) is 28.4 Å². The molecule has 2 amide bonds. The number of nitrogens with one attached hydrogen (secondary N) is 2. The van der Waals surface area contributed by atoms with Crippen molar-refractivity contribution < 1.29 is 104 Å². The Morgan fingerprint density at radius 1 is 0.536 bits per heavy atom. The van der Waals surface area contributed by atoms with E-state index < -0.39 is 155 Å². The van der Waals surface area contributed by atoms with E-state index in [-0.39, 0.29) is 12.3 Å². The van der Waals surface area contributed by atoms with Crippen molar-refractivity contribution in [2.45, 2.75) is 400 Å². The van der Waals surface area contributed by atoms with Gasteiger partial charge in [-0.25, -0.2) is 4.79 Å². The van der Waals surface area contributed by atoms with E-state index in [0.717, 1.165) is 51.9 Å². The van der Waals surface area contributed by atoms with Crippen molar-refractivity contribution in [2.24, 2.45) is 0 Å². The number of carbonyl (C=O) groups excluding carboxylic acids is 2. The molecule has 0 aromatic carbocycles. The zero-order valence-electron chi connectivity index (χ0n) is 59.7. The Bertz CT molecular complexity index is 2040. The third-order valence-electron chi connectivity index (χ3n) is 19.4. The lowest BCUT2D eigenvalue weighted by Gasteiger charge is -2.50. The summed E-state index contributed by atoms with van der Waals surface area (Å²) in [4.78, 5) is 38.6. The van der Waals surface area contributed by atoms with E-state index in [1.165, 1.54) is 199 Å². The number of rotatable bonds is 59. The summed E-state index contributed by atoms with van der Waals surface area (Å²) in [5.41, 5.74) is 0. The molecule has 3 aliphatic rings. The lowest BCUT2D eigenvalue weighted by atomic mass is 9.88. The van der Waals surface area contributed by atoms with Gasteiger partial charge in [-0.15, -0.1) is 0 Å². The summed E-state index contributed by atoms with van der Waals surface area (Å²) >= 11 is 0. The van der Waals surface area contributed by atoms with Gasteiger partial charge in [-0.1, -0.05) is 250 Å². The van der Waals surface area contributed by atoms with Gasteiger partial charge in [0.05, 0.1) is 50.7 Å². The van der Waals surface area contributed by atoms with Crippen LogP contribution in [0.15, 0.2) is 24.3 Å². The van der Waals surface area contributed by atoms with Gasteiger partial charge in [0.25, 0.3) is 5.79 Å².